The Balaban J connectivity index is 1.77. The van der Waals surface area contributed by atoms with Crippen LogP contribution in [0, 0.1) is 5.82 Å². The topological polar surface area (TPSA) is 64.7 Å². The minimum Gasteiger partial charge on any atom is -0.419 e. The Morgan fingerprint density at radius 2 is 2.00 bits per heavy atom. The maximum atomic E-state index is 12.9. The third-order valence-corrected chi connectivity index (χ3v) is 4.40. The van der Waals surface area contributed by atoms with Crippen LogP contribution in [0.4, 0.5) is 4.39 Å². The third kappa shape index (κ3) is 2.86. The van der Waals surface area contributed by atoms with E-state index in [2.05, 4.69) is 20.4 Å². The first-order valence-corrected chi connectivity index (χ1v) is 7.50. The van der Waals surface area contributed by atoms with Crippen LogP contribution in [0.3, 0.4) is 0 Å². The maximum Gasteiger partial charge on any atom is 0.247 e. The van der Waals surface area contributed by atoms with Crippen molar-refractivity contribution < 1.29 is 8.81 Å². The quantitative estimate of drug-likeness (QED) is 0.686. The number of halogens is 1. The van der Waals surface area contributed by atoms with Gasteiger partial charge in [0.2, 0.25) is 11.8 Å². The maximum absolute atomic E-state index is 12.9. The van der Waals surface area contributed by atoms with Crippen LogP contribution < -0.4 is 0 Å². The second-order valence-electron chi connectivity index (χ2n) is 3.92. The molecule has 0 aliphatic carbocycles. The normalized spacial score (nSPS) is 12.5. The zero-order valence-corrected chi connectivity index (χ0v) is 12.0. The van der Waals surface area contributed by atoms with Crippen molar-refractivity contribution >= 4 is 23.1 Å². The van der Waals surface area contributed by atoms with Gasteiger partial charge in [-0.15, -0.1) is 20.4 Å². The minimum absolute atomic E-state index is 0.0235. The molecule has 0 aliphatic heterocycles. The van der Waals surface area contributed by atoms with Crippen molar-refractivity contribution in [3.8, 4) is 11.5 Å². The number of rotatable bonds is 4. The summed E-state index contributed by atoms with van der Waals surface area (Å²) >= 11 is 2.96. The van der Waals surface area contributed by atoms with Crippen molar-refractivity contribution in [2.75, 3.05) is 0 Å². The summed E-state index contributed by atoms with van der Waals surface area (Å²) < 4.78 is 19.3. The Bertz CT molecular complexity index is 684. The van der Waals surface area contributed by atoms with Crippen LogP contribution in [0.5, 0.6) is 0 Å². The van der Waals surface area contributed by atoms with Gasteiger partial charge >= 0.3 is 0 Å². The molecule has 1 aromatic carbocycles. The Labute approximate surface area is 122 Å². The average molecular weight is 308 g/mol. The Morgan fingerprint density at radius 1 is 1.20 bits per heavy atom. The van der Waals surface area contributed by atoms with Crippen LogP contribution in [0.2, 0.25) is 0 Å². The average Bonchev–Trinajstić information content (AvgIpc) is 3.10. The third-order valence-electron chi connectivity index (χ3n) is 2.50. The van der Waals surface area contributed by atoms with Crippen LogP contribution in [0.25, 0.3) is 11.5 Å². The highest BCUT2D eigenvalue weighted by molar-refractivity contribution is 8.01. The number of hydrogen-bond donors (Lipinski definition) is 0. The molecule has 0 unspecified atom stereocenters. The van der Waals surface area contributed by atoms with Crippen molar-refractivity contribution in [2.24, 2.45) is 0 Å². The molecule has 102 valence electrons. The molecule has 2 heterocycles. The summed E-state index contributed by atoms with van der Waals surface area (Å²) in [6, 6.07) is 5.93. The molecule has 0 saturated heterocycles. The molecule has 0 aliphatic rings. The van der Waals surface area contributed by atoms with E-state index >= 15 is 0 Å². The van der Waals surface area contributed by atoms with Crippen LogP contribution in [0.1, 0.15) is 18.1 Å². The van der Waals surface area contributed by atoms with E-state index in [0.29, 0.717) is 17.3 Å². The van der Waals surface area contributed by atoms with Gasteiger partial charge in [0.1, 0.15) is 11.3 Å². The van der Waals surface area contributed by atoms with Gasteiger partial charge in [-0.2, -0.15) is 0 Å². The van der Waals surface area contributed by atoms with Gasteiger partial charge in [-0.3, -0.25) is 0 Å². The van der Waals surface area contributed by atoms with Gasteiger partial charge in [-0.1, -0.05) is 23.1 Å². The summed E-state index contributed by atoms with van der Waals surface area (Å²) in [5, 5.41) is 15.7. The SMILES string of the molecule is C[C@H](Sc1nncs1)c1nnc(-c2ccc(F)cc2)o1. The largest absolute Gasteiger partial charge is 0.419 e. The summed E-state index contributed by atoms with van der Waals surface area (Å²) in [5.74, 6) is 0.586. The van der Waals surface area contributed by atoms with Gasteiger partial charge in [0.15, 0.2) is 4.34 Å². The Hall–Kier alpha value is -1.80. The van der Waals surface area contributed by atoms with Crippen LogP contribution >= 0.6 is 23.1 Å². The van der Waals surface area contributed by atoms with E-state index in [1.807, 2.05) is 6.92 Å². The summed E-state index contributed by atoms with van der Waals surface area (Å²) in [7, 11) is 0. The summed E-state index contributed by atoms with van der Waals surface area (Å²) in [4.78, 5) is 0. The van der Waals surface area contributed by atoms with Crippen molar-refractivity contribution in [3.63, 3.8) is 0 Å². The summed E-state index contributed by atoms with van der Waals surface area (Å²) in [5.41, 5.74) is 2.37. The molecular weight excluding hydrogens is 299 g/mol. The van der Waals surface area contributed by atoms with Gasteiger partial charge in [0, 0.05) is 5.56 Å². The van der Waals surface area contributed by atoms with Crippen molar-refractivity contribution in [3.05, 3.63) is 41.5 Å². The fourth-order valence-corrected chi connectivity index (χ4v) is 3.18. The molecule has 0 N–H and O–H groups in total. The summed E-state index contributed by atoms with van der Waals surface area (Å²) in [6.07, 6.45) is 0. The molecular formula is C12H9FN4OS2. The monoisotopic (exact) mass is 308 g/mol. The smallest absolute Gasteiger partial charge is 0.247 e. The van der Waals surface area contributed by atoms with E-state index in [1.165, 1.54) is 35.2 Å². The van der Waals surface area contributed by atoms with E-state index in [1.54, 1.807) is 17.6 Å². The Kier molecular flexibility index (Phi) is 3.75. The van der Waals surface area contributed by atoms with Crippen LogP contribution in [0.15, 0.2) is 38.5 Å². The van der Waals surface area contributed by atoms with Crippen molar-refractivity contribution in [2.45, 2.75) is 16.5 Å². The highest BCUT2D eigenvalue weighted by Crippen LogP contribution is 2.35. The molecule has 0 fully saturated rings. The van der Waals surface area contributed by atoms with E-state index in [4.69, 9.17) is 4.42 Å². The number of benzene rings is 1. The number of thioether (sulfide) groups is 1. The van der Waals surface area contributed by atoms with E-state index < -0.39 is 0 Å². The molecule has 20 heavy (non-hydrogen) atoms. The first-order chi connectivity index (χ1) is 9.72. The molecule has 1 atom stereocenters. The predicted octanol–water partition coefficient (Wildman–Crippen LogP) is 3.58. The van der Waals surface area contributed by atoms with E-state index in [-0.39, 0.29) is 11.1 Å². The number of hydrogen-bond acceptors (Lipinski definition) is 7. The van der Waals surface area contributed by atoms with Gasteiger partial charge in [0.25, 0.3) is 0 Å². The van der Waals surface area contributed by atoms with Gasteiger partial charge < -0.3 is 4.42 Å². The zero-order valence-electron chi connectivity index (χ0n) is 10.4. The summed E-state index contributed by atoms with van der Waals surface area (Å²) in [6.45, 7) is 1.95. The fourth-order valence-electron chi connectivity index (χ4n) is 1.52. The van der Waals surface area contributed by atoms with Crippen LogP contribution in [-0.4, -0.2) is 20.4 Å². The predicted molar refractivity (Wildman–Crippen MR) is 73.9 cm³/mol. The molecule has 0 bridgehead atoms. The molecule has 0 amide bonds. The standard InChI is InChI=1S/C12H9FN4OS2/c1-7(20-12-17-14-6-19-12)10-15-16-11(18-10)8-2-4-9(13)5-3-8/h2-7H,1H3/t7-/m0/s1. The lowest BCUT2D eigenvalue weighted by Gasteiger charge is -2.02. The zero-order chi connectivity index (χ0) is 13.9. The second-order valence-corrected chi connectivity index (χ2v) is 6.34. The molecule has 8 heteroatoms. The van der Waals surface area contributed by atoms with Gasteiger partial charge in [-0.05, 0) is 31.2 Å². The molecule has 0 radical (unpaired) electrons. The van der Waals surface area contributed by atoms with E-state index in [0.717, 1.165) is 4.34 Å². The van der Waals surface area contributed by atoms with E-state index in [9.17, 15) is 4.39 Å². The molecule has 0 saturated carbocycles. The lowest BCUT2D eigenvalue weighted by atomic mass is 10.2. The van der Waals surface area contributed by atoms with Gasteiger partial charge in [-0.25, -0.2) is 4.39 Å². The number of nitrogens with zero attached hydrogens (tertiary/aromatic N) is 4. The van der Waals surface area contributed by atoms with Crippen molar-refractivity contribution in [1.29, 1.82) is 0 Å². The second kappa shape index (κ2) is 5.68. The minimum atomic E-state index is -0.298. The fraction of sp³-hybridized carbons (Fsp3) is 0.167. The number of aromatic nitrogens is 4. The first-order valence-electron chi connectivity index (χ1n) is 5.74. The van der Waals surface area contributed by atoms with Crippen molar-refractivity contribution in [1.82, 2.24) is 20.4 Å². The van der Waals surface area contributed by atoms with Gasteiger partial charge in [0.05, 0.1) is 5.25 Å². The molecule has 5 nitrogen and oxygen atoms in total. The lowest BCUT2D eigenvalue weighted by molar-refractivity contribution is 0.509. The molecule has 3 aromatic rings. The molecule has 3 rings (SSSR count). The Morgan fingerprint density at radius 3 is 2.70 bits per heavy atom. The first kappa shape index (κ1) is 13.2. The molecule has 2 aromatic heterocycles. The highest BCUT2D eigenvalue weighted by atomic mass is 32.2. The molecule has 0 spiro atoms. The highest BCUT2D eigenvalue weighted by Gasteiger charge is 2.17. The van der Waals surface area contributed by atoms with Crippen LogP contribution in [-0.2, 0) is 0 Å². The lowest BCUT2D eigenvalue weighted by Crippen LogP contribution is -1.88.